The molecule has 0 radical (unpaired) electrons. The van der Waals surface area contributed by atoms with E-state index in [1.54, 1.807) is 9.80 Å². The highest BCUT2D eigenvalue weighted by atomic mass is 35.5. The molecule has 1 aromatic carbocycles. The van der Waals surface area contributed by atoms with Crippen LogP contribution >= 0.6 is 11.6 Å². The molecule has 4 rings (SSSR count). The summed E-state index contributed by atoms with van der Waals surface area (Å²) in [6.45, 7) is 1.31. The van der Waals surface area contributed by atoms with E-state index in [9.17, 15) is 27.2 Å². The van der Waals surface area contributed by atoms with Crippen LogP contribution in [0.2, 0.25) is 5.02 Å². The standard InChI is InChI=1S/C22H20ClF4N3O4/c23-15-10-13(22(25,26)27)11-28-19(15)29-6-3-14(4-7-29)30-8-5-18(20(30)31)34-17-2-1-12(21(32)33)9-16(17)24/h1-2,9-11,14,18H,3-8H2,(H,32,33)/t18-/m0/s1. The lowest BCUT2D eigenvalue weighted by atomic mass is 10.0. The zero-order valence-electron chi connectivity index (χ0n) is 17.7. The number of hydrogen-bond acceptors (Lipinski definition) is 5. The fraction of sp³-hybridized carbons (Fsp3) is 0.409. The molecular weight excluding hydrogens is 482 g/mol. The third-order valence-electron chi connectivity index (χ3n) is 5.99. The molecule has 34 heavy (non-hydrogen) atoms. The van der Waals surface area contributed by atoms with Gasteiger partial charge < -0.3 is 19.6 Å². The van der Waals surface area contributed by atoms with Crippen LogP contribution in [0.5, 0.6) is 5.75 Å². The van der Waals surface area contributed by atoms with Crippen LogP contribution in [0.25, 0.3) is 0 Å². The van der Waals surface area contributed by atoms with Gasteiger partial charge in [0, 0.05) is 38.3 Å². The summed E-state index contributed by atoms with van der Waals surface area (Å²) in [5.41, 5.74) is -1.14. The van der Waals surface area contributed by atoms with E-state index in [4.69, 9.17) is 21.4 Å². The molecule has 1 amide bonds. The Morgan fingerprint density at radius 1 is 1.15 bits per heavy atom. The molecule has 0 unspecified atom stereocenters. The number of carboxylic acid groups (broad SMARTS) is 1. The molecule has 2 aromatic rings. The smallest absolute Gasteiger partial charge is 0.417 e. The van der Waals surface area contributed by atoms with Crippen LogP contribution < -0.4 is 9.64 Å². The van der Waals surface area contributed by atoms with Crippen LogP contribution in [0, 0.1) is 5.82 Å². The number of ether oxygens (including phenoxy) is 1. The number of piperidine rings is 1. The summed E-state index contributed by atoms with van der Waals surface area (Å²) in [5, 5.41) is 8.84. The van der Waals surface area contributed by atoms with E-state index >= 15 is 0 Å². The van der Waals surface area contributed by atoms with E-state index in [0.29, 0.717) is 38.9 Å². The average molecular weight is 502 g/mol. The number of carboxylic acids is 1. The number of carbonyl (C=O) groups is 2. The Morgan fingerprint density at radius 2 is 1.85 bits per heavy atom. The van der Waals surface area contributed by atoms with Gasteiger partial charge in [0.1, 0.15) is 5.82 Å². The molecular formula is C22H20ClF4N3O4. The van der Waals surface area contributed by atoms with Crippen LogP contribution in [0.15, 0.2) is 30.5 Å². The zero-order chi connectivity index (χ0) is 24.6. The summed E-state index contributed by atoms with van der Waals surface area (Å²) in [6, 6.07) is 3.97. The first kappa shape index (κ1) is 24.1. The molecule has 1 aromatic heterocycles. The van der Waals surface area contributed by atoms with Gasteiger partial charge in [0.05, 0.1) is 16.1 Å². The van der Waals surface area contributed by atoms with Gasteiger partial charge in [-0.2, -0.15) is 13.2 Å². The highest BCUT2D eigenvalue weighted by molar-refractivity contribution is 6.33. The molecule has 7 nitrogen and oxygen atoms in total. The Kier molecular flexibility index (Phi) is 6.57. The van der Waals surface area contributed by atoms with Crippen molar-refractivity contribution in [3.63, 3.8) is 0 Å². The van der Waals surface area contributed by atoms with Crippen molar-refractivity contribution in [2.45, 2.75) is 37.6 Å². The van der Waals surface area contributed by atoms with Gasteiger partial charge in [-0.15, -0.1) is 0 Å². The van der Waals surface area contributed by atoms with Crippen molar-refractivity contribution in [1.82, 2.24) is 9.88 Å². The summed E-state index contributed by atoms with van der Waals surface area (Å²) in [7, 11) is 0. The normalized spacial score (nSPS) is 19.6. The largest absolute Gasteiger partial charge is 0.478 e. The lowest BCUT2D eigenvalue weighted by molar-refractivity contribution is -0.138. The van der Waals surface area contributed by atoms with Crippen molar-refractivity contribution in [3.8, 4) is 5.75 Å². The minimum Gasteiger partial charge on any atom is -0.478 e. The molecule has 2 saturated heterocycles. The summed E-state index contributed by atoms with van der Waals surface area (Å²) in [6.07, 6.45) is -3.20. The Balaban J connectivity index is 1.36. The van der Waals surface area contributed by atoms with Crippen molar-refractivity contribution >= 4 is 29.3 Å². The van der Waals surface area contributed by atoms with Crippen LogP contribution in [0.3, 0.4) is 0 Å². The maximum absolute atomic E-state index is 14.2. The van der Waals surface area contributed by atoms with E-state index in [1.807, 2.05) is 0 Å². The third kappa shape index (κ3) is 4.89. The first-order valence-corrected chi connectivity index (χ1v) is 10.9. The van der Waals surface area contributed by atoms with E-state index in [1.165, 1.54) is 12.1 Å². The summed E-state index contributed by atoms with van der Waals surface area (Å²) >= 11 is 6.04. The third-order valence-corrected chi connectivity index (χ3v) is 6.27. The summed E-state index contributed by atoms with van der Waals surface area (Å²) in [5.74, 6) is -2.34. The first-order chi connectivity index (χ1) is 16.0. The molecule has 2 fully saturated rings. The van der Waals surface area contributed by atoms with Crippen LogP contribution in [0.1, 0.15) is 35.2 Å². The molecule has 2 aliphatic rings. The van der Waals surface area contributed by atoms with Gasteiger partial charge >= 0.3 is 12.1 Å². The average Bonchev–Trinajstić information content (AvgIpc) is 3.14. The van der Waals surface area contributed by atoms with Crippen molar-refractivity contribution < 1.29 is 37.0 Å². The molecule has 1 atom stereocenters. The van der Waals surface area contributed by atoms with Gasteiger partial charge in [0.2, 0.25) is 0 Å². The molecule has 3 heterocycles. The van der Waals surface area contributed by atoms with Crippen LogP contribution in [-0.4, -0.2) is 58.6 Å². The number of anilines is 1. The fourth-order valence-electron chi connectivity index (χ4n) is 4.24. The summed E-state index contributed by atoms with van der Waals surface area (Å²) < 4.78 is 58.2. The van der Waals surface area contributed by atoms with E-state index < -0.39 is 29.6 Å². The first-order valence-electron chi connectivity index (χ1n) is 10.5. The number of likely N-dealkylation sites (tertiary alicyclic amines) is 1. The van der Waals surface area contributed by atoms with E-state index in [0.717, 1.165) is 18.3 Å². The highest BCUT2D eigenvalue weighted by Crippen LogP contribution is 2.35. The Hall–Kier alpha value is -3.08. The quantitative estimate of drug-likeness (QED) is 0.617. The molecule has 0 aliphatic carbocycles. The van der Waals surface area contributed by atoms with Crippen LogP contribution in [-0.2, 0) is 11.0 Å². The lowest BCUT2D eigenvalue weighted by Gasteiger charge is -2.37. The maximum Gasteiger partial charge on any atom is 0.417 e. The predicted molar refractivity (Wildman–Crippen MR) is 114 cm³/mol. The molecule has 2 aliphatic heterocycles. The molecule has 0 bridgehead atoms. The minimum atomic E-state index is -4.53. The van der Waals surface area contributed by atoms with Crippen molar-refractivity contribution in [3.05, 3.63) is 52.4 Å². The number of carbonyl (C=O) groups excluding carboxylic acids is 1. The number of amides is 1. The molecule has 0 spiro atoms. The van der Waals surface area contributed by atoms with Gasteiger partial charge in [-0.3, -0.25) is 4.79 Å². The fourth-order valence-corrected chi connectivity index (χ4v) is 4.52. The number of aromatic nitrogens is 1. The Labute approximate surface area is 196 Å². The highest BCUT2D eigenvalue weighted by Gasteiger charge is 2.39. The predicted octanol–water partition coefficient (Wildman–Crippen LogP) is 4.24. The number of benzene rings is 1. The second kappa shape index (κ2) is 9.28. The number of halogens is 5. The number of rotatable bonds is 5. The van der Waals surface area contributed by atoms with Crippen molar-refractivity contribution in [2.24, 2.45) is 0 Å². The number of nitrogens with zero attached hydrogens (tertiary/aromatic N) is 3. The second-order valence-corrected chi connectivity index (χ2v) is 8.53. The number of alkyl halides is 3. The van der Waals surface area contributed by atoms with Gasteiger partial charge in [0.25, 0.3) is 5.91 Å². The lowest BCUT2D eigenvalue weighted by Crippen LogP contribution is -2.47. The van der Waals surface area contributed by atoms with Gasteiger partial charge in [0.15, 0.2) is 17.7 Å². The Morgan fingerprint density at radius 3 is 2.44 bits per heavy atom. The van der Waals surface area contributed by atoms with Crippen molar-refractivity contribution in [2.75, 3.05) is 24.5 Å². The zero-order valence-corrected chi connectivity index (χ0v) is 18.4. The van der Waals surface area contributed by atoms with Crippen LogP contribution in [0.4, 0.5) is 23.4 Å². The SMILES string of the molecule is O=C(O)c1ccc(O[C@H]2CCN(C3CCN(c4ncc(C(F)(F)F)cc4Cl)CC3)C2=O)c(F)c1. The summed E-state index contributed by atoms with van der Waals surface area (Å²) in [4.78, 5) is 31.2. The van der Waals surface area contributed by atoms with Crippen molar-refractivity contribution in [1.29, 1.82) is 0 Å². The second-order valence-electron chi connectivity index (χ2n) is 8.12. The molecule has 182 valence electrons. The molecule has 1 N–H and O–H groups in total. The number of aromatic carboxylic acids is 1. The monoisotopic (exact) mass is 501 g/mol. The number of hydrogen-bond donors (Lipinski definition) is 1. The maximum atomic E-state index is 14.2. The molecule has 12 heteroatoms. The minimum absolute atomic E-state index is 0.0880. The molecule has 0 saturated carbocycles. The number of pyridine rings is 1. The van der Waals surface area contributed by atoms with Gasteiger partial charge in [-0.1, -0.05) is 11.6 Å². The Bertz CT molecular complexity index is 1110. The topological polar surface area (TPSA) is 83.0 Å². The van der Waals surface area contributed by atoms with Gasteiger partial charge in [-0.05, 0) is 37.1 Å². The van der Waals surface area contributed by atoms with Gasteiger partial charge in [-0.25, -0.2) is 14.2 Å². The van der Waals surface area contributed by atoms with E-state index in [2.05, 4.69) is 4.98 Å². The van der Waals surface area contributed by atoms with E-state index in [-0.39, 0.29) is 34.1 Å².